The summed E-state index contributed by atoms with van der Waals surface area (Å²) in [5.74, 6) is -0.498. The quantitative estimate of drug-likeness (QED) is 0.642. The van der Waals surface area contributed by atoms with Crippen LogP contribution < -0.4 is 16.0 Å². The second kappa shape index (κ2) is 10.2. The molecule has 0 bridgehead atoms. The van der Waals surface area contributed by atoms with Gasteiger partial charge in [-0.05, 0) is 43.2 Å². The van der Waals surface area contributed by atoms with Crippen LogP contribution in [0.25, 0.3) is 0 Å². The van der Waals surface area contributed by atoms with Crippen molar-refractivity contribution >= 4 is 29.2 Å². The molecule has 2 aromatic carbocycles. The average molecular weight is 406 g/mol. The molecule has 1 aliphatic heterocycles. The average Bonchev–Trinajstić information content (AvgIpc) is 2.78. The van der Waals surface area contributed by atoms with Crippen molar-refractivity contribution < 1.29 is 14.4 Å². The Morgan fingerprint density at radius 1 is 1.03 bits per heavy atom. The van der Waals surface area contributed by atoms with Gasteiger partial charge in [-0.3, -0.25) is 9.59 Å². The Morgan fingerprint density at radius 2 is 1.77 bits per heavy atom. The molecule has 4 amide bonds. The molecule has 1 unspecified atom stereocenters. The fraction of sp³-hybridized carbons (Fsp3) is 0.261. The molecule has 0 aliphatic carbocycles. The first-order chi connectivity index (χ1) is 14.6. The van der Waals surface area contributed by atoms with E-state index in [1.165, 1.54) is 0 Å². The van der Waals surface area contributed by atoms with Gasteiger partial charge in [0.15, 0.2) is 0 Å². The molecule has 3 rings (SSSR count). The van der Waals surface area contributed by atoms with Crippen LogP contribution in [-0.2, 0) is 4.79 Å². The summed E-state index contributed by atoms with van der Waals surface area (Å²) in [6.07, 6.45) is 3.16. The number of benzene rings is 2. The minimum absolute atomic E-state index is 0.0574. The predicted molar refractivity (Wildman–Crippen MR) is 117 cm³/mol. The Hall–Kier alpha value is -3.61. The van der Waals surface area contributed by atoms with E-state index >= 15 is 0 Å². The van der Waals surface area contributed by atoms with Crippen LogP contribution in [0.15, 0.2) is 67.3 Å². The van der Waals surface area contributed by atoms with Crippen molar-refractivity contribution in [3.05, 3.63) is 72.8 Å². The molecule has 0 radical (unpaired) electrons. The van der Waals surface area contributed by atoms with E-state index in [4.69, 9.17) is 0 Å². The van der Waals surface area contributed by atoms with Gasteiger partial charge in [0.25, 0.3) is 5.91 Å². The largest absolute Gasteiger partial charge is 0.352 e. The van der Waals surface area contributed by atoms with Gasteiger partial charge in [0, 0.05) is 36.6 Å². The number of piperidine rings is 1. The van der Waals surface area contributed by atoms with E-state index in [1.54, 1.807) is 59.5 Å². The molecule has 1 heterocycles. The highest BCUT2D eigenvalue weighted by molar-refractivity contribution is 6.04. The van der Waals surface area contributed by atoms with Crippen LogP contribution in [0.2, 0.25) is 0 Å². The Bertz CT molecular complexity index is 914. The van der Waals surface area contributed by atoms with Crippen molar-refractivity contribution in [2.75, 3.05) is 30.3 Å². The lowest BCUT2D eigenvalue weighted by molar-refractivity contribution is -0.126. The number of amides is 4. The third kappa shape index (κ3) is 5.70. The molecular weight excluding hydrogens is 380 g/mol. The van der Waals surface area contributed by atoms with Crippen LogP contribution >= 0.6 is 0 Å². The summed E-state index contributed by atoms with van der Waals surface area (Å²) in [5.41, 5.74) is 1.71. The highest BCUT2D eigenvalue weighted by atomic mass is 16.2. The molecule has 7 nitrogen and oxygen atoms in total. The van der Waals surface area contributed by atoms with Crippen LogP contribution in [0.3, 0.4) is 0 Å². The molecule has 0 spiro atoms. The van der Waals surface area contributed by atoms with Gasteiger partial charge in [0.05, 0.1) is 5.92 Å². The zero-order valence-corrected chi connectivity index (χ0v) is 16.8. The molecule has 30 heavy (non-hydrogen) atoms. The van der Waals surface area contributed by atoms with Gasteiger partial charge >= 0.3 is 6.03 Å². The molecule has 1 atom stereocenters. The number of carbonyl (C=O) groups excluding carboxylic acids is 3. The van der Waals surface area contributed by atoms with Crippen molar-refractivity contribution in [2.45, 2.75) is 12.8 Å². The second-order valence-electron chi connectivity index (χ2n) is 7.15. The smallest absolute Gasteiger partial charge is 0.321 e. The number of hydrogen-bond acceptors (Lipinski definition) is 3. The molecule has 0 saturated carbocycles. The summed E-state index contributed by atoms with van der Waals surface area (Å²) in [5, 5.41) is 8.48. The van der Waals surface area contributed by atoms with E-state index < -0.39 is 0 Å². The highest BCUT2D eigenvalue weighted by Gasteiger charge is 2.28. The topological polar surface area (TPSA) is 90.5 Å². The number of rotatable bonds is 6. The number of hydrogen-bond donors (Lipinski definition) is 3. The SMILES string of the molecule is C=CCNC(=O)C1CCCN(C(=O)Nc2cccc(NC(=O)c3ccccc3)c2)C1. The lowest BCUT2D eigenvalue weighted by Crippen LogP contribution is -2.46. The second-order valence-corrected chi connectivity index (χ2v) is 7.15. The van der Waals surface area contributed by atoms with Crippen molar-refractivity contribution in [2.24, 2.45) is 5.92 Å². The molecule has 2 aromatic rings. The zero-order valence-electron chi connectivity index (χ0n) is 16.8. The zero-order chi connectivity index (χ0) is 21.3. The van der Waals surface area contributed by atoms with Gasteiger partial charge in [-0.25, -0.2) is 4.79 Å². The molecule has 1 fully saturated rings. The van der Waals surface area contributed by atoms with E-state index in [9.17, 15) is 14.4 Å². The normalized spacial score (nSPS) is 15.7. The van der Waals surface area contributed by atoms with Crippen LogP contribution in [-0.4, -0.2) is 42.4 Å². The van der Waals surface area contributed by atoms with Crippen molar-refractivity contribution in [3.8, 4) is 0 Å². The van der Waals surface area contributed by atoms with Crippen LogP contribution in [0, 0.1) is 5.92 Å². The summed E-state index contributed by atoms with van der Waals surface area (Å²) in [4.78, 5) is 38.8. The highest BCUT2D eigenvalue weighted by Crippen LogP contribution is 2.20. The summed E-state index contributed by atoms with van der Waals surface area (Å²) in [7, 11) is 0. The molecule has 3 N–H and O–H groups in total. The third-order valence-corrected chi connectivity index (χ3v) is 4.91. The maximum absolute atomic E-state index is 12.7. The standard InChI is InChI=1S/C23H26N4O3/c1-2-13-24-21(28)18-10-7-14-27(16-18)23(30)26-20-12-6-11-19(15-20)25-22(29)17-8-4-3-5-9-17/h2-6,8-9,11-12,15,18H,1,7,10,13-14,16H2,(H,24,28)(H,25,29)(H,26,30). The number of urea groups is 1. The van der Waals surface area contributed by atoms with Gasteiger partial charge < -0.3 is 20.9 Å². The lowest BCUT2D eigenvalue weighted by atomic mass is 9.97. The lowest BCUT2D eigenvalue weighted by Gasteiger charge is -2.32. The number of likely N-dealkylation sites (tertiary alicyclic amines) is 1. The third-order valence-electron chi connectivity index (χ3n) is 4.91. The first kappa shape index (κ1) is 21.1. The number of anilines is 2. The maximum atomic E-state index is 12.7. The van der Waals surface area contributed by atoms with Gasteiger partial charge in [0.2, 0.25) is 5.91 Å². The van der Waals surface area contributed by atoms with Crippen LogP contribution in [0.4, 0.5) is 16.2 Å². The molecule has 7 heteroatoms. The predicted octanol–water partition coefficient (Wildman–Crippen LogP) is 3.49. The maximum Gasteiger partial charge on any atom is 0.321 e. The van der Waals surface area contributed by atoms with Crippen LogP contribution in [0.1, 0.15) is 23.2 Å². The van der Waals surface area contributed by atoms with E-state index in [-0.39, 0.29) is 23.8 Å². The minimum Gasteiger partial charge on any atom is -0.352 e. The Kier molecular flexibility index (Phi) is 7.21. The van der Waals surface area contributed by atoms with Crippen molar-refractivity contribution in [1.82, 2.24) is 10.2 Å². The molecule has 1 aliphatic rings. The van der Waals surface area contributed by atoms with E-state index in [0.29, 0.717) is 36.6 Å². The number of nitrogens with zero attached hydrogens (tertiary/aromatic N) is 1. The number of carbonyl (C=O) groups is 3. The Morgan fingerprint density at radius 3 is 2.50 bits per heavy atom. The molecular formula is C23H26N4O3. The first-order valence-corrected chi connectivity index (χ1v) is 9.98. The van der Waals surface area contributed by atoms with E-state index in [0.717, 1.165) is 12.8 Å². The van der Waals surface area contributed by atoms with Gasteiger partial charge in [-0.1, -0.05) is 30.3 Å². The Balaban J connectivity index is 1.58. The van der Waals surface area contributed by atoms with Crippen LogP contribution in [0.5, 0.6) is 0 Å². The van der Waals surface area contributed by atoms with E-state index in [1.807, 2.05) is 6.07 Å². The van der Waals surface area contributed by atoms with Crippen molar-refractivity contribution in [3.63, 3.8) is 0 Å². The minimum atomic E-state index is -0.261. The van der Waals surface area contributed by atoms with E-state index in [2.05, 4.69) is 22.5 Å². The van der Waals surface area contributed by atoms with Gasteiger partial charge in [0.1, 0.15) is 0 Å². The van der Waals surface area contributed by atoms with Crippen molar-refractivity contribution in [1.29, 1.82) is 0 Å². The fourth-order valence-electron chi connectivity index (χ4n) is 3.36. The monoisotopic (exact) mass is 406 g/mol. The summed E-state index contributed by atoms with van der Waals surface area (Å²) < 4.78 is 0. The molecule has 1 saturated heterocycles. The Labute approximate surface area is 176 Å². The molecule has 156 valence electrons. The fourth-order valence-corrected chi connectivity index (χ4v) is 3.36. The van der Waals surface area contributed by atoms with Gasteiger partial charge in [-0.15, -0.1) is 6.58 Å². The van der Waals surface area contributed by atoms with Gasteiger partial charge in [-0.2, -0.15) is 0 Å². The summed E-state index contributed by atoms with van der Waals surface area (Å²) in [6, 6.07) is 15.6. The molecule has 0 aromatic heterocycles. The number of nitrogens with one attached hydrogen (secondary N) is 3. The summed E-state index contributed by atoms with van der Waals surface area (Å²) >= 11 is 0. The first-order valence-electron chi connectivity index (χ1n) is 9.98. The summed E-state index contributed by atoms with van der Waals surface area (Å²) in [6.45, 7) is 4.99.